The molecule has 7 heteroatoms. The lowest BCUT2D eigenvalue weighted by Crippen LogP contribution is -2.50. The zero-order valence-corrected chi connectivity index (χ0v) is 18.6. The third kappa shape index (κ3) is 5.89. The van der Waals surface area contributed by atoms with E-state index in [1.165, 1.54) is 0 Å². The van der Waals surface area contributed by atoms with E-state index in [-0.39, 0.29) is 17.7 Å². The highest BCUT2D eigenvalue weighted by Crippen LogP contribution is 2.22. The van der Waals surface area contributed by atoms with Crippen LogP contribution in [0.2, 0.25) is 5.02 Å². The molecule has 2 aromatic carbocycles. The summed E-state index contributed by atoms with van der Waals surface area (Å²) in [7, 11) is 1.64. The predicted molar refractivity (Wildman–Crippen MR) is 119 cm³/mol. The fourth-order valence-electron chi connectivity index (χ4n) is 3.18. The molecule has 1 atom stereocenters. The molecule has 160 valence electrons. The van der Waals surface area contributed by atoms with Crippen LogP contribution in [0.5, 0.6) is 5.75 Å². The quantitative estimate of drug-likeness (QED) is 0.713. The van der Waals surface area contributed by atoms with Crippen LogP contribution in [0.1, 0.15) is 38.3 Å². The maximum Gasteiger partial charge on any atom is 0.318 e. The third-order valence-electron chi connectivity index (χ3n) is 4.67. The maximum absolute atomic E-state index is 12.9. The van der Waals surface area contributed by atoms with E-state index < -0.39 is 0 Å². The lowest BCUT2D eigenvalue weighted by atomic mass is 10.0. The minimum atomic E-state index is -0.350. The number of ether oxygens (including phenoxy) is 1. The molecular formula is C23H28ClN3O3. The van der Waals surface area contributed by atoms with Crippen molar-refractivity contribution in [2.75, 3.05) is 13.7 Å². The highest BCUT2D eigenvalue weighted by molar-refractivity contribution is 6.31. The van der Waals surface area contributed by atoms with E-state index in [0.29, 0.717) is 24.5 Å². The number of oxime groups is 1. The van der Waals surface area contributed by atoms with Gasteiger partial charge in [0.2, 0.25) is 0 Å². The summed E-state index contributed by atoms with van der Waals surface area (Å²) in [4.78, 5) is 20.3. The Kier molecular flexibility index (Phi) is 6.87. The van der Waals surface area contributed by atoms with Crippen LogP contribution in [0, 0.1) is 0 Å². The van der Waals surface area contributed by atoms with Gasteiger partial charge in [-0.1, -0.05) is 35.0 Å². The summed E-state index contributed by atoms with van der Waals surface area (Å²) in [5.41, 5.74) is 2.38. The molecule has 1 aliphatic rings. The molecule has 6 nitrogen and oxygen atoms in total. The van der Waals surface area contributed by atoms with Gasteiger partial charge in [-0.3, -0.25) is 0 Å². The minimum absolute atomic E-state index is 0.163. The van der Waals surface area contributed by atoms with Crippen molar-refractivity contribution in [2.45, 2.75) is 45.4 Å². The first kappa shape index (κ1) is 22.0. The maximum atomic E-state index is 12.9. The van der Waals surface area contributed by atoms with E-state index in [9.17, 15) is 4.79 Å². The van der Waals surface area contributed by atoms with Crippen molar-refractivity contribution >= 4 is 23.3 Å². The lowest BCUT2D eigenvalue weighted by molar-refractivity contribution is 0.0580. The first-order valence-electron chi connectivity index (χ1n) is 9.93. The first-order chi connectivity index (χ1) is 14.2. The molecule has 2 amide bonds. The van der Waals surface area contributed by atoms with Crippen molar-refractivity contribution < 1.29 is 14.4 Å². The van der Waals surface area contributed by atoms with Gasteiger partial charge in [-0.05, 0) is 62.2 Å². The van der Waals surface area contributed by atoms with Crippen molar-refractivity contribution in [3.8, 4) is 5.75 Å². The van der Waals surface area contributed by atoms with E-state index in [2.05, 4.69) is 10.5 Å². The number of methoxy groups -OCH3 is 1. The van der Waals surface area contributed by atoms with Gasteiger partial charge >= 0.3 is 6.03 Å². The summed E-state index contributed by atoms with van der Waals surface area (Å²) in [6.45, 7) is 6.65. The molecule has 30 heavy (non-hydrogen) atoms. The minimum Gasteiger partial charge on any atom is -0.497 e. The molecule has 0 bridgehead atoms. The van der Waals surface area contributed by atoms with E-state index in [0.717, 1.165) is 22.6 Å². The van der Waals surface area contributed by atoms with Gasteiger partial charge in [0.15, 0.2) is 6.10 Å². The fourth-order valence-corrected chi connectivity index (χ4v) is 3.37. The van der Waals surface area contributed by atoms with Gasteiger partial charge < -0.3 is 19.8 Å². The number of hydrogen-bond donors (Lipinski definition) is 1. The van der Waals surface area contributed by atoms with Gasteiger partial charge in [0, 0.05) is 23.5 Å². The van der Waals surface area contributed by atoms with Crippen LogP contribution < -0.4 is 10.1 Å². The van der Waals surface area contributed by atoms with Crippen LogP contribution in [0.25, 0.3) is 0 Å². The summed E-state index contributed by atoms with van der Waals surface area (Å²) in [6, 6.07) is 15.1. The predicted octanol–water partition coefficient (Wildman–Crippen LogP) is 4.85. The summed E-state index contributed by atoms with van der Waals surface area (Å²) in [6.07, 6.45) is 0.393. The topological polar surface area (TPSA) is 63.2 Å². The van der Waals surface area contributed by atoms with Gasteiger partial charge in [-0.25, -0.2) is 4.79 Å². The molecule has 2 aromatic rings. The number of halogens is 1. The van der Waals surface area contributed by atoms with Crippen LogP contribution >= 0.6 is 11.6 Å². The molecule has 0 saturated heterocycles. The van der Waals surface area contributed by atoms with Crippen molar-refractivity contribution in [1.82, 2.24) is 10.2 Å². The summed E-state index contributed by atoms with van der Waals surface area (Å²) in [5.74, 6) is 0.791. The zero-order valence-electron chi connectivity index (χ0n) is 17.8. The number of benzene rings is 2. The Balaban J connectivity index is 1.70. The van der Waals surface area contributed by atoms with Gasteiger partial charge in [-0.15, -0.1) is 0 Å². The molecule has 0 spiro atoms. The van der Waals surface area contributed by atoms with Crippen LogP contribution in [0.3, 0.4) is 0 Å². The van der Waals surface area contributed by atoms with Crippen molar-refractivity contribution in [1.29, 1.82) is 0 Å². The van der Waals surface area contributed by atoms with Gasteiger partial charge in [0.05, 0.1) is 19.4 Å². The molecule has 1 aliphatic heterocycles. The second-order valence-electron chi connectivity index (χ2n) is 8.35. The molecule has 0 unspecified atom stereocenters. The summed E-state index contributed by atoms with van der Waals surface area (Å²) >= 11 is 6.33. The SMILES string of the molecule is COc1ccc(C2=NO[C@H](CN(Cc3ccccc3Cl)C(=O)NC(C)(C)C)C2)cc1. The largest absolute Gasteiger partial charge is 0.497 e. The lowest BCUT2D eigenvalue weighted by Gasteiger charge is -2.30. The molecule has 1 heterocycles. The van der Waals surface area contributed by atoms with Gasteiger partial charge in [-0.2, -0.15) is 0 Å². The van der Waals surface area contributed by atoms with Crippen LogP contribution in [-0.2, 0) is 11.4 Å². The molecule has 3 rings (SSSR count). The van der Waals surface area contributed by atoms with Gasteiger partial charge in [0.1, 0.15) is 5.75 Å². The van der Waals surface area contributed by atoms with Crippen molar-refractivity contribution in [3.63, 3.8) is 0 Å². The molecule has 0 aromatic heterocycles. The number of hydrogen-bond acceptors (Lipinski definition) is 4. The van der Waals surface area contributed by atoms with Crippen LogP contribution in [0.4, 0.5) is 4.79 Å². The Hall–Kier alpha value is -2.73. The Labute approximate surface area is 182 Å². The summed E-state index contributed by atoms with van der Waals surface area (Å²) in [5, 5.41) is 7.90. The molecule has 0 aliphatic carbocycles. The molecule has 1 N–H and O–H groups in total. The Morgan fingerprint density at radius 2 is 1.93 bits per heavy atom. The number of rotatable bonds is 6. The smallest absolute Gasteiger partial charge is 0.318 e. The molecule has 0 radical (unpaired) electrons. The number of amides is 2. The second kappa shape index (κ2) is 9.39. The number of carbonyl (C=O) groups excluding carboxylic acids is 1. The summed E-state index contributed by atoms with van der Waals surface area (Å²) < 4.78 is 5.20. The number of carbonyl (C=O) groups is 1. The molecule has 0 fully saturated rings. The molecular weight excluding hydrogens is 402 g/mol. The van der Waals surface area contributed by atoms with Crippen molar-refractivity contribution in [2.24, 2.45) is 5.16 Å². The third-order valence-corrected chi connectivity index (χ3v) is 5.04. The van der Waals surface area contributed by atoms with E-state index >= 15 is 0 Å². The normalized spacial score (nSPS) is 15.9. The van der Waals surface area contributed by atoms with E-state index in [1.807, 2.05) is 69.3 Å². The van der Waals surface area contributed by atoms with E-state index in [1.54, 1.807) is 12.0 Å². The van der Waals surface area contributed by atoms with Crippen molar-refractivity contribution in [3.05, 3.63) is 64.7 Å². The first-order valence-corrected chi connectivity index (χ1v) is 10.3. The van der Waals surface area contributed by atoms with E-state index in [4.69, 9.17) is 21.2 Å². The zero-order chi connectivity index (χ0) is 21.7. The molecule has 0 saturated carbocycles. The monoisotopic (exact) mass is 429 g/mol. The van der Waals surface area contributed by atoms with Crippen LogP contribution in [0.15, 0.2) is 53.7 Å². The highest BCUT2D eigenvalue weighted by Gasteiger charge is 2.28. The Morgan fingerprint density at radius 1 is 1.23 bits per heavy atom. The number of nitrogens with one attached hydrogen (secondary N) is 1. The Bertz CT molecular complexity index is 907. The Morgan fingerprint density at radius 3 is 2.57 bits per heavy atom. The van der Waals surface area contributed by atoms with Crippen LogP contribution in [-0.4, -0.2) is 41.9 Å². The highest BCUT2D eigenvalue weighted by atomic mass is 35.5. The standard InChI is InChI=1S/C23H28ClN3O3/c1-23(2,3)25-22(28)27(14-17-7-5-6-8-20(17)24)15-19-13-21(26-30-19)16-9-11-18(29-4)12-10-16/h5-12,19H,13-15H2,1-4H3,(H,25,28)/t19-/m0/s1. The average molecular weight is 430 g/mol. The fraction of sp³-hybridized carbons (Fsp3) is 0.391. The second-order valence-corrected chi connectivity index (χ2v) is 8.76. The number of urea groups is 1. The average Bonchev–Trinajstić information content (AvgIpc) is 3.16. The van der Waals surface area contributed by atoms with Gasteiger partial charge in [0.25, 0.3) is 0 Å². The number of nitrogens with zero attached hydrogens (tertiary/aromatic N) is 2.